The fourth-order valence-electron chi connectivity index (χ4n) is 3.59. The SMILES string of the molecule is CCCNC(Cc1ccc(Cl)cc1)C1CN2CCN1CC2. The summed E-state index contributed by atoms with van der Waals surface area (Å²) >= 11 is 6.00. The minimum absolute atomic E-state index is 0.536. The van der Waals surface area contributed by atoms with Gasteiger partial charge in [-0.15, -0.1) is 0 Å². The fraction of sp³-hybridized carbons (Fsp3) is 0.647. The van der Waals surface area contributed by atoms with Gasteiger partial charge in [-0.05, 0) is 37.1 Å². The van der Waals surface area contributed by atoms with E-state index in [4.69, 9.17) is 11.6 Å². The Morgan fingerprint density at radius 2 is 1.90 bits per heavy atom. The Morgan fingerprint density at radius 3 is 2.48 bits per heavy atom. The quantitative estimate of drug-likeness (QED) is 0.869. The topological polar surface area (TPSA) is 18.5 Å². The molecular weight excluding hydrogens is 282 g/mol. The number of nitrogens with one attached hydrogen (secondary N) is 1. The third-order valence-electron chi connectivity index (χ3n) is 4.81. The monoisotopic (exact) mass is 307 g/mol. The molecule has 3 heterocycles. The van der Waals surface area contributed by atoms with E-state index in [1.807, 2.05) is 12.1 Å². The summed E-state index contributed by atoms with van der Waals surface area (Å²) in [5.74, 6) is 0. The first-order valence-corrected chi connectivity index (χ1v) is 8.58. The maximum Gasteiger partial charge on any atom is 0.0406 e. The predicted molar refractivity (Wildman–Crippen MR) is 89.0 cm³/mol. The zero-order valence-electron chi connectivity index (χ0n) is 12.9. The molecule has 0 amide bonds. The number of rotatable bonds is 6. The average Bonchev–Trinajstić information content (AvgIpc) is 2.54. The first-order chi connectivity index (χ1) is 10.3. The van der Waals surface area contributed by atoms with Crippen LogP contribution in [-0.2, 0) is 6.42 Å². The smallest absolute Gasteiger partial charge is 0.0406 e. The van der Waals surface area contributed by atoms with Gasteiger partial charge in [-0.1, -0.05) is 30.7 Å². The van der Waals surface area contributed by atoms with E-state index in [9.17, 15) is 0 Å². The molecule has 2 bridgehead atoms. The molecule has 116 valence electrons. The molecule has 3 saturated heterocycles. The van der Waals surface area contributed by atoms with Crippen LogP contribution in [0.3, 0.4) is 0 Å². The van der Waals surface area contributed by atoms with Gasteiger partial charge in [-0.3, -0.25) is 9.80 Å². The van der Waals surface area contributed by atoms with E-state index in [0.717, 1.165) is 18.0 Å². The minimum atomic E-state index is 0.536. The van der Waals surface area contributed by atoms with Crippen molar-refractivity contribution in [1.29, 1.82) is 0 Å². The number of hydrogen-bond donors (Lipinski definition) is 1. The van der Waals surface area contributed by atoms with Gasteiger partial charge in [0.25, 0.3) is 0 Å². The standard InChI is InChI=1S/C17H26ClN3/c1-2-7-19-16(12-14-3-5-15(18)6-4-14)17-13-20-8-10-21(17)11-9-20/h3-6,16-17,19H,2,7-13H2,1H3. The Labute approximate surface area is 133 Å². The molecule has 4 rings (SSSR count). The van der Waals surface area contributed by atoms with Crippen molar-refractivity contribution in [2.75, 3.05) is 39.3 Å². The molecule has 2 unspecified atom stereocenters. The maximum absolute atomic E-state index is 6.00. The van der Waals surface area contributed by atoms with Crippen molar-refractivity contribution < 1.29 is 0 Å². The lowest BCUT2D eigenvalue weighted by Crippen LogP contribution is -2.66. The van der Waals surface area contributed by atoms with Crippen molar-refractivity contribution >= 4 is 11.6 Å². The lowest BCUT2D eigenvalue weighted by Gasteiger charge is -2.50. The number of piperazine rings is 3. The molecule has 3 aliphatic heterocycles. The third kappa shape index (κ3) is 3.78. The van der Waals surface area contributed by atoms with Crippen molar-refractivity contribution in [3.63, 3.8) is 0 Å². The van der Waals surface area contributed by atoms with Gasteiger partial charge in [0.1, 0.15) is 0 Å². The van der Waals surface area contributed by atoms with Crippen LogP contribution in [0.15, 0.2) is 24.3 Å². The lowest BCUT2D eigenvalue weighted by atomic mass is 9.94. The summed E-state index contributed by atoms with van der Waals surface area (Å²) in [5, 5.41) is 4.61. The van der Waals surface area contributed by atoms with Gasteiger partial charge in [0, 0.05) is 49.8 Å². The predicted octanol–water partition coefficient (Wildman–Crippen LogP) is 2.25. The Balaban J connectivity index is 1.69. The average molecular weight is 308 g/mol. The van der Waals surface area contributed by atoms with E-state index < -0.39 is 0 Å². The molecule has 3 fully saturated rings. The van der Waals surface area contributed by atoms with Crippen LogP contribution in [-0.4, -0.2) is 61.2 Å². The van der Waals surface area contributed by atoms with E-state index in [1.165, 1.54) is 44.7 Å². The summed E-state index contributed by atoms with van der Waals surface area (Å²) in [6, 6.07) is 9.53. The molecule has 1 N–H and O–H groups in total. The van der Waals surface area contributed by atoms with Crippen LogP contribution < -0.4 is 5.32 Å². The fourth-order valence-corrected chi connectivity index (χ4v) is 3.71. The van der Waals surface area contributed by atoms with Gasteiger partial charge in [0.15, 0.2) is 0 Å². The molecule has 2 atom stereocenters. The van der Waals surface area contributed by atoms with Crippen LogP contribution in [0.5, 0.6) is 0 Å². The van der Waals surface area contributed by atoms with Gasteiger partial charge >= 0.3 is 0 Å². The van der Waals surface area contributed by atoms with Gasteiger partial charge in [0.2, 0.25) is 0 Å². The Kier molecular flexibility index (Phi) is 5.17. The van der Waals surface area contributed by atoms with Crippen molar-refractivity contribution in [3.8, 4) is 0 Å². The van der Waals surface area contributed by atoms with E-state index in [2.05, 4.69) is 34.2 Å². The summed E-state index contributed by atoms with van der Waals surface area (Å²) in [5.41, 5.74) is 1.38. The lowest BCUT2D eigenvalue weighted by molar-refractivity contribution is -0.00309. The van der Waals surface area contributed by atoms with Crippen LogP contribution in [0.25, 0.3) is 0 Å². The molecule has 0 spiro atoms. The van der Waals surface area contributed by atoms with Gasteiger partial charge in [-0.2, -0.15) is 0 Å². The molecule has 0 saturated carbocycles. The van der Waals surface area contributed by atoms with Crippen LogP contribution >= 0.6 is 11.6 Å². The highest BCUT2D eigenvalue weighted by molar-refractivity contribution is 6.30. The first-order valence-electron chi connectivity index (χ1n) is 8.20. The van der Waals surface area contributed by atoms with Crippen LogP contribution in [0, 0.1) is 0 Å². The Bertz CT molecular complexity index is 440. The number of hydrogen-bond acceptors (Lipinski definition) is 3. The minimum Gasteiger partial charge on any atom is -0.312 e. The summed E-state index contributed by atoms with van der Waals surface area (Å²) in [6.45, 7) is 9.52. The second-order valence-corrected chi connectivity index (χ2v) is 6.73. The molecule has 0 aliphatic carbocycles. The Hall–Kier alpha value is -0.610. The zero-order valence-corrected chi connectivity index (χ0v) is 13.6. The summed E-state index contributed by atoms with van der Waals surface area (Å²) < 4.78 is 0. The largest absolute Gasteiger partial charge is 0.312 e. The molecule has 4 heteroatoms. The molecule has 0 aromatic heterocycles. The highest BCUT2D eigenvalue weighted by atomic mass is 35.5. The maximum atomic E-state index is 6.00. The first kappa shape index (κ1) is 15.3. The van der Waals surface area contributed by atoms with Crippen molar-refractivity contribution in [2.45, 2.75) is 31.8 Å². The third-order valence-corrected chi connectivity index (χ3v) is 5.06. The van der Waals surface area contributed by atoms with E-state index in [0.29, 0.717) is 12.1 Å². The number of nitrogens with zero attached hydrogens (tertiary/aromatic N) is 2. The molecule has 1 aromatic rings. The summed E-state index contributed by atoms with van der Waals surface area (Å²) in [7, 11) is 0. The molecule has 3 aliphatic rings. The van der Waals surface area contributed by atoms with E-state index in [1.54, 1.807) is 0 Å². The zero-order chi connectivity index (χ0) is 14.7. The van der Waals surface area contributed by atoms with E-state index in [-0.39, 0.29) is 0 Å². The Morgan fingerprint density at radius 1 is 1.19 bits per heavy atom. The second kappa shape index (κ2) is 7.10. The molecule has 0 radical (unpaired) electrons. The summed E-state index contributed by atoms with van der Waals surface area (Å²) in [6.07, 6.45) is 2.28. The second-order valence-electron chi connectivity index (χ2n) is 6.30. The van der Waals surface area contributed by atoms with Gasteiger partial charge in [-0.25, -0.2) is 0 Å². The van der Waals surface area contributed by atoms with Gasteiger partial charge < -0.3 is 5.32 Å². The molecule has 21 heavy (non-hydrogen) atoms. The van der Waals surface area contributed by atoms with Crippen LogP contribution in [0.4, 0.5) is 0 Å². The molecular formula is C17H26ClN3. The van der Waals surface area contributed by atoms with Crippen molar-refractivity contribution in [3.05, 3.63) is 34.9 Å². The van der Waals surface area contributed by atoms with Crippen molar-refractivity contribution in [2.24, 2.45) is 0 Å². The van der Waals surface area contributed by atoms with E-state index >= 15 is 0 Å². The highest BCUT2D eigenvalue weighted by Crippen LogP contribution is 2.21. The normalized spacial score (nSPS) is 29.5. The van der Waals surface area contributed by atoms with Crippen molar-refractivity contribution in [1.82, 2.24) is 15.1 Å². The van der Waals surface area contributed by atoms with Crippen LogP contribution in [0.1, 0.15) is 18.9 Å². The number of benzene rings is 1. The number of halogens is 1. The highest BCUT2D eigenvalue weighted by Gasteiger charge is 2.36. The molecule has 3 nitrogen and oxygen atoms in total. The van der Waals surface area contributed by atoms with Gasteiger partial charge in [0.05, 0.1) is 0 Å². The molecule has 1 aromatic carbocycles. The summed E-state index contributed by atoms with van der Waals surface area (Å²) in [4.78, 5) is 5.30. The number of fused-ring (bicyclic) bond motifs is 3. The van der Waals surface area contributed by atoms with Crippen LogP contribution in [0.2, 0.25) is 5.02 Å².